The van der Waals surface area contributed by atoms with Gasteiger partial charge in [0.05, 0.1) is 18.1 Å². The molecule has 1 aromatic heterocycles. The molecule has 2 aromatic rings. The molecule has 8 nitrogen and oxygen atoms in total. The quantitative estimate of drug-likeness (QED) is 0.786. The highest BCUT2D eigenvalue weighted by Gasteiger charge is 2.31. The fraction of sp³-hybridized carbons (Fsp3) is 0.444. The number of rotatable bonds is 4. The van der Waals surface area contributed by atoms with E-state index in [0.717, 1.165) is 6.42 Å². The van der Waals surface area contributed by atoms with Crippen molar-refractivity contribution in [2.45, 2.75) is 30.3 Å². The maximum absolute atomic E-state index is 13.0. The van der Waals surface area contributed by atoms with Crippen molar-refractivity contribution in [3.63, 3.8) is 0 Å². The van der Waals surface area contributed by atoms with Gasteiger partial charge in [0.25, 0.3) is 0 Å². The number of nitrogens with zero attached hydrogens (tertiary/aromatic N) is 3. The van der Waals surface area contributed by atoms with Crippen molar-refractivity contribution in [1.82, 2.24) is 14.3 Å². The second-order valence-electron chi connectivity index (χ2n) is 6.43. The molecule has 1 aromatic carbocycles. The van der Waals surface area contributed by atoms with E-state index in [0.29, 0.717) is 56.5 Å². The molecule has 0 unspecified atom stereocenters. The van der Waals surface area contributed by atoms with Gasteiger partial charge in [0.2, 0.25) is 15.9 Å². The summed E-state index contributed by atoms with van der Waals surface area (Å²) < 4.78 is 44.5. The molecule has 144 valence electrons. The first-order valence-electron chi connectivity index (χ1n) is 8.95. The highest BCUT2D eigenvalue weighted by Crippen LogP contribution is 2.33. The third-order valence-electron chi connectivity index (χ3n) is 4.60. The van der Waals surface area contributed by atoms with E-state index < -0.39 is 10.0 Å². The van der Waals surface area contributed by atoms with Crippen molar-refractivity contribution in [1.29, 1.82) is 0 Å². The first-order valence-corrected chi connectivity index (χ1v) is 10.4. The number of hydrogen-bond donors (Lipinski definition) is 0. The minimum Gasteiger partial charge on any atom is -0.490 e. The molecule has 0 aliphatic carbocycles. The third-order valence-corrected chi connectivity index (χ3v) is 6.49. The Morgan fingerprint density at radius 2 is 1.85 bits per heavy atom. The molecule has 0 bridgehead atoms. The molecule has 27 heavy (non-hydrogen) atoms. The molecule has 9 heteroatoms. The third kappa shape index (κ3) is 3.98. The summed E-state index contributed by atoms with van der Waals surface area (Å²) in [5, 5.41) is 0. The van der Waals surface area contributed by atoms with Crippen LogP contribution in [0.15, 0.2) is 41.7 Å². The van der Waals surface area contributed by atoms with E-state index >= 15 is 0 Å². The summed E-state index contributed by atoms with van der Waals surface area (Å²) in [4.78, 5) is 8.12. The zero-order chi connectivity index (χ0) is 18.7. The van der Waals surface area contributed by atoms with Crippen LogP contribution < -0.4 is 14.2 Å². The van der Waals surface area contributed by atoms with Gasteiger partial charge in [0.15, 0.2) is 11.5 Å². The van der Waals surface area contributed by atoms with Gasteiger partial charge in [0.1, 0.15) is 12.4 Å². The smallest absolute Gasteiger partial charge is 0.243 e. The van der Waals surface area contributed by atoms with Gasteiger partial charge in [-0.25, -0.2) is 18.4 Å². The van der Waals surface area contributed by atoms with Gasteiger partial charge < -0.3 is 14.2 Å². The van der Waals surface area contributed by atoms with Crippen LogP contribution in [0.2, 0.25) is 0 Å². The predicted molar refractivity (Wildman–Crippen MR) is 96.5 cm³/mol. The molecule has 0 atom stereocenters. The zero-order valence-corrected chi connectivity index (χ0v) is 15.6. The first-order chi connectivity index (χ1) is 13.1. The number of fused-ring (bicyclic) bond motifs is 1. The van der Waals surface area contributed by atoms with Crippen LogP contribution in [0, 0.1) is 0 Å². The highest BCUT2D eigenvalue weighted by atomic mass is 32.2. The van der Waals surface area contributed by atoms with Crippen molar-refractivity contribution in [3.05, 3.63) is 36.8 Å². The number of ether oxygens (including phenoxy) is 3. The minimum absolute atomic E-state index is 0.0601. The van der Waals surface area contributed by atoms with Gasteiger partial charge in [-0.15, -0.1) is 0 Å². The molecule has 0 saturated carbocycles. The summed E-state index contributed by atoms with van der Waals surface area (Å²) in [5.74, 6) is 1.58. The maximum atomic E-state index is 13.0. The number of benzene rings is 1. The lowest BCUT2D eigenvalue weighted by Gasteiger charge is -2.31. The van der Waals surface area contributed by atoms with Crippen LogP contribution in [0.25, 0.3) is 0 Å². The van der Waals surface area contributed by atoms with Crippen LogP contribution in [0.1, 0.15) is 19.3 Å². The van der Waals surface area contributed by atoms with Crippen molar-refractivity contribution >= 4 is 10.0 Å². The van der Waals surface area contributed by atoms with Crippen LogP contribution in [0.4, 0.5) is 0 Å². The van der Waals surface area contributed by atoms with Gasteiger partial charge in [-0.05, 0) is 25.0 Å². The summed E-state index contributed by atoms with van der Waals surface area (Å²) in [5.41, 5.74) is 0. The molecule has 0 N–H and O–H groups in total. The molecular weight excluding hydrogens is 370 g/mol. The van der Waals surface area contributed by atoms with Crippen LogP contribution in [-0.2, 0) is 10.0 Å². The molecule has 2 aliphatic rings. The van der Waals surface area contributed by atoms with E-state index in [1.807, 2.05) is 0 Å². The Morgan fingerprint density at radius 3 is 2.59 bits per heavy atom. The Kier molecular flexibility index (Phi) is 5.13. The van der Waals surface area contributed by atoms with E-state index in [2.05, 4.69) is 9.97 Å². The SMILES string of the molecule is O=S(=O)(c1ccc2c(c1)OCCCO2)N1CCC(Oc2ccncn2)CC1. The van der Waals surface area contributed by atoms with E-state index in [1.165, 1.54) is 10.6 Å². The van der Waals surface area contributed by atoms with Gasteiger partial charge >= 0.3 is 0 Å². The molecule has 2 aliphatic heterocycles. The summed E-state index contributed by atoms with van der Waals surface area (Å²) in [7, 11) is -3.59. The fourth-order valence-corrected chi connectivity index (χ4v) is 4.65. The van der Waals surface area contributed by atoms with Crippen molar-refractivity contribution in [3.8, 4) is 17.4 Å². The first kappa shape index (κ1) is 18.0. The summed E-state index contributed by atoms with van der Waals surface area (Å²) in [6.45, 7) is 1.88. The molecule has 0 spiro atoms. The summed E-state index contributed by atoms with van der Waals surface area (Å²) in [6, 6.07) is 6.49. The number of sulfonamides is 1. The molecule has 4 rings (SSSR count). The monoisotopic (exact) mass is 391 g/mol. The summed E-state index contributed by atoms with van der Waals surface area (Å²) >= 11 is 0. The molecule has 3 heterocycles. The van der Waals surface area contributed by atoms with E-state index in [-0.39, 0.29) is 11.0 Å². The fourth-order valence-electron chi connectivity index (χ4n) is 3.16. The van der Waals surface area contributed by atoms with Gasteiger partial charge in [-0.2, -0.15) is 4.31 Å². The zero-order valence-electron chi connectivity index (χ0n) is 14.8. The Bertz CT molecular complexity index is 883. The average molecular weight is 391 g/mol. The topological polar surface area (TPSA) is 90.9 Å². The number of hydrogen-bond acceptors (Lipinski definition) is 7. The lowest BCUT2D eigenvalue weighted by Crippen LogP contribution is -2.41. The largest absolute Gasteiger partial charge is 0.490 e. The van der Waals surface area contributed by atoms with Crippen molar-refractivity contribution < 1.29 is 22.6 Å². The molecule has 1 fully saturated rings. The Morgan fingerprint density at radius 1 is 1.07 bits per heavy atom. The van der Waals surface area contributed by atoms with Crippen molar-refractivity contribution in [2.75, 3.05) is 26.3 Å². The second-order valence-corrected chi connectivity index (χ2v) is 8.37. The Hall–Kier alpha value is -2.39. The Balaban J connectivity index is 1.43. The predicted octanol–water partition coefficient (Wildman–Crippen LogP) is 1.87. The van der Waals surface area contributed by atoms with Gasteiger partial charge in [-0.3, -0.25) is 0 Å². The number of aromatic nitrogens is 2. The molecule has 1 saturated heterocycles. The van der Waals surface area contributed by atoms with E-state index in [9.17, 15) is 8.42 Å². The van der Waals surface area contributed by atoms with Crippen LogP contribution >= 0.6 is 0 Å². The van der Waals surface area contributed by atoms with Gasteiger partial charge in [-0.1, -0.05) is 0 Å². The summed E-state index contributed by atoms with van der Waals surface area (Å²) in [6.07, 6.45) is 4.97. The standard InChI is InChI=1S/C18H21N3O5S/c22-27(23,15-2-3-16-17(12-15)25-11-1-10-24-16)21-8-5-14(6-9-21)26-18-4-7-19-13-20-18/h2-4,7,12-14H,1,5-6,8-11H2. The average Bonchev–Trinajstić information content (AvgIpc) is 2.94. The number of piperidine rings is 1. The molecule has 0 radical (unpaired) electrons. The van der Waals surface area contributed by atoms with Crippen LogP contribution in [0.5, 0.6) is 17.4 Å². The maximum Gasteiger partial charge on any atom is 0.243 e. The van der Waals surface area contributed by atoms with E-state index in [1.54, 1.807) is 30.5 Å². The van der Waals surface area contributed by atoms with E-state index in [4.69, 9.17) is 14.2 Å². The molecular formula is C18H21N3O5S. The van der Waals surface area contributed by atoms with Crippen molar-refractivity contribution in [2.24, 2.45) is 0 Å². The van der Waals surface area contributed by atoms with Crippen LogP contribution in [0.3, 0.4) is 0 Å². The lowest BCUT2D eigenvalue weighted by atomic mass is 10.1. The normalized spacial score (nSPS) is 18.7. The highest BCUT2D eigenvalue weighted by molar-refractivity contribution is 7.89. The van der Waals surface area contributed by atoms with Gasteiger partial charge in [0, 0.05) is 37.8 Å². The lowest BCUT2D eigenvalue weighted by molar-refractivity contribution is 0.129. The molecule has 0 amide bonds. The second kappa shape index (κ2) is 7.69. The van der Waals surface area contributed by atoms with Crippen LogP contribution in [-0.4, -0.2) is 55.1 Å². The Labute approximate surface area is 158 Å². The minimum atomic E-state index is -3.59.